The number of nitrogens with one attached hydrogen (secondary N) is 1. The van der Waals surface area contributed by atoms with Gasteiger partial charge in [-0.25, -0.2) is 4.98 Å². The van der Waals surface area contributed by atoms with Crippen LogP contribution in [0.2, 0.25) is 10.0 Å². The Morgan fingerprint density at radius 2 is 1.66 bits per heavy atom. The summed E-state index contributed by atoms with van der Waals surface area (Å²) in [4.78, 5) is 4.86. The number of fused-ring (bicyclic) bond motifs is 3. The number of benzene rings is 3. The first kappa shape index (κ1) is 17.9. The highest BCUT2D eigenvalue weighted by Gasteiger charge is 2.15. The van der Waals surface area contributed by atoms with Crippen molar-refractivity contribution in [3.63, 3.8) is 0 Å². The molecule has 0 spiro atoms. The van der Waals surface area contributed by atoms with Crippen molar-refractivity contribution in [3.05, 3.63) is 88.4 Å². The number of hydrogen-bond acceptors (Lipinski definition) is 4. The smallest absolute Gasteiger partial charge is 0.186 e. The van der Waals surface area contributed by atoms with Gasteiger partial charge in [0.25, 0.3) is 0 Å². The van der Waals surface area contributed by atoms with Gasteiger partial charge < -0.3 is 5.32 Å². The SMILES string of the molecule is Clc1cccc(CNc2nc3c(-c4cccc(Cl)c4)nnn3c3ccccc23)c1. The number of anilines is 1. The maximum Gasteiger partial charge on any atom is 0.186 e. The molecule has 0 aliphatic heterocycles. The summed E-state index contributed by atoms with van der Waals surface area (Å²) in [6.45, 7) is 0.599. The summed E-state index contributed by atoms with van der Waals surface area (Å²) < 4.78 is 1.76. The number of hydrogen-bond donors (Lipinski definition) is 1. The molecule has 1 N–H and O–H groups in total. The minimum Gasteiger partial charge on any atom is -0.365 e. The Kier molecular flexibility index (Phi) is 4.54. The Labute approximate surface area is 176 Å². The summed E-state index contributed by atoms with van der Waals surface area (Å²) in [6, 6.07) is 23.3. The van der Waals surface area contributed by atoms with Crippen LogP contribution < -0.4 is 5.32 Å². The number of para-hydroxylation sites is 1. The topological polar surface area (TPSA) is 55.1 Å². The fraction of sp³-hybridized carbons (Fsp3) is 0.0455. The summed E-state index contributed by atoms with van der Waals surface area (Å²) in [5.41, 5.74) is 4.22. The van der Waals surface area contributed by atoms with Crippen LogP contribution in [0.5, 0.6) is 0 Å². The quantitative estimate of drug-likeness (QED) is 0.396. The van der Waals surface area contributed by atoms with E-state index in [-0.39, 0.29) is 0 Å². The first-order valence-electron chi connectivity index (χ1n) is 9.07. The van der Waals surface area contributed by atoms with Crippen LogP contribution in [0.25, 0.3) is 27.8 Å². The second-order valence-electron chi connectivity index (χ2n) is 6.64. The summed E-state index contributed by atoms with van der Waals surface area (Å²) in [5, 5.41) is 14.5. The van der Waals surface area contributed by atoms with Gasteiger partial charge in [-0.3, -0.25) is 0 Å². The van der Waals surface area contributed by atoms with Crippen molar-refractivity contribution in [2.75, 3.05) is 5.32 Å². The van der Waals surface area contributed by atoms with Crippen LogP contribution in [0.1, 0.15) is 5.56 Å². The molecular formula is C22H15Cl2N5. The zero-order chi connectivity index (χ0) is 19.8. The average molecular weight is 420 g/mol. The van der Waals surface area contributed by atoms with Gasteiger partial charge in [-0.05, 0) is 42.0 Å². The molecule has 0 amide bonds. The lowest BCUT2D eigenvalue weighted by Gasteiger charge is -2.11. The lowest BCUT2D eigenvalue weighted by Crippen LogP contribution is -2.05. The van der Waals surface area contributed by atoms with Gasteiger partial charge >= 0.3 is 0 Å². The number of halogens is 2. The lowest BCUT2D eigenvalue weighted by atomic mass is 10.1. The van der Waals surface area contributed by atoms with Crippen LogP contribution >= 0.6 is 23.2 Å². The van der Waals surface area contributed by atoms with Crippen LogP contribution in [0, 0.1) is 0 Å². The monoisotopic (exact) mass is 419 g/mol. The third-order valence-corrected chi connectivity index (χ3v) is 5.17. The van der Waals surface area contributed by atoms with Crippen molar-refractivity contribution >= 4 is 45.6 Å². The standard InChI is InChI=1S/C22H15Cl2N5/c23-16-7-3-5-14(11-16)13-25-21-18-9-1-2-10-19(18)29-22(26-21)20(27-28-29)15-6-4-8-17(24)12-15/h1-12H,13H2,(H,25,26). The predicted molar refractivity (Wildman–Crippen MR) is 118 cm³/mol. The number of aromatic nitrogens is 4. The molecule has 5 aromatic rings. The normalized spacial score (nSPS) is 11.2. The maximum atomic E-state index is 6.17. The number of rotatable bonds is 4. The van der Waals surface area contributed by atoms with Gasteiger partial charge in [0.05, 0.1) is 5.52 Å². The Morgan fingerprint density at radius 3 is 2.48 bits per heavy atom. The number of nitrogens with zero attached hydrogens (tertiary/aromatic N) is 4. The molecule has 2 aromatic heterocycles. The first-order chi connectivity index (χ1) is 14.2. The van der Waals surface area contributed by atoms with E-state index in [0.29, 0.717) is 27.9 Å². The zero-order valence-electron chi connectivity index (χ0n) is 15.2. The fourth-order valence-corrected chi connectivity index (χ4v) is 3.76. The van der Waals surface area contributed by atoms with Crippen LogP contribution in [-0.2, 0) is 6.54 Å². The van der Waals surface area contributed by atoms with Crippen LogP contribution in [0.3, 0.4) is 0 Å². The van der Waals surface area contributed by atoms with E-state index >= 15 is 0 Å². The molecule has 0 aliphatic carbocycles. The van der Waals surface area contributed by atoms with Crippen molar-refractivity contribution in [1.82, 2.24) is 19.8 Å². The van der Waals surface area contributed by atoms with E-state index in [2.05, 4.69) is 15.6 Å². The van der Waals surface area contributed by atoms with Crippen molar-refractivity contribution in [1.29, 1.82) is 0 Å². The molecule has 5 rings (SSSR count). The Bertz CT molecular complexity index is 1350. The fourth-order valence-electron chi connectivity index (χ4n) is 3.35. The van der Waals surface area contributed by atoms with Crippen LogP contribution in [0.4, 0.5) is 5.82 Å². The largest absolute Gasteiger partial charge is 0.365 e. The van der Waals surface area contributed by atoms with Gasteiger partial charge in [-0.1, -0.05) is 64.8 Å². The zero-order valence-corrected chi connectivity index (χ0v) is 16.7. The van der Waals surface area contributed by atoms with E-state index in [1.165, 1.54) is 0 Å². The van der Waals surface area contributed by atoms with E-state index in [0.717, 1.165) is 27.8 Å². The minimum absolute atomic E-state index is 0.599. The second-order valence-corrected chi connectivity index (χ2v) is 7.52. The molecule has 0 saturated heterocycles. The van der Waals surface area contributed by atoms with Crippen molar-refractivity contribution in [3.8, 4) is 11.3 Å². The highest BCUT2D eigenvalue weighted by molar-refractivity contribution is 6.31. The van der Waals surface area contributed by atoms with Gasteiger partial charge in [0.15, 0.2) is 5.65 Å². The van der Waals surface area contributed by atoms with E-state index in [1.54, 1.807) is 4.52 Å². The average Bonchev–Trinajstić information content (AvgIpc) is 3.16. The van der Waals surface area contributed by atoms with E-state index < -0.39 is 0 Å². The highest BCUT2D eigenvalue weighted by Crippen LogP contribution is 2.29. The minimum atomic E-state index is 0.599. The van der Waals surface area contributed by atoms with Crippen LogP contribution in [-0.4, -0.2) is 19.8 Å². The molecule has 2 heterocycles. The first-order valence-corrected chi connectivity index (χ1v) is 9.83. The van der Waals surface area contributed by atoms with E-state index in [9.17, 15) is 0 Å². The van der Waals surface area contributed by atoms with Crippen molar-refractivity contribution in [2.45, 2.75) is 6.54 Å². The van der Waals surface area contributed by atoms with E-state index in [1.807, 2.05) is 72.8 Å². The molecule has 0 atom stereocenters. The maximum absolute atomic E-state index is 6.17. The molecule has 0 aliphatic rings. The summed E-state index contributed by atoms with van der Waals surface area (Å²) in [5.74, 6) is 0.763. The molecule has 0 radical (unpaired) electrons. The van der Waals surface area contributed by atoms with Gasteiger partial charge in [0.2, 0.25) is 0 Å². The Morgan fingerprint density at radius 1 is 0.862 bits per heavy atom. The Hall–Kier alpha value is -3.15. The molecule has 0 saturated carbocycles. The molecular weight excluding hydrogens is 405 g/mol. The molecule has 29 heavy (non-hydrogen) atoms. The molecule has 0 fully saturated rings. The molecule has 7 heteroatoms. The van der Waals surface area contributed by atoms with Gasteiger partial charge in [0.1, 0.15) is 11.5 Å². The highest BCUT2D eigenvalue weighted by atomic mass is 35.5. The van der Waals surface area contributed by atoms with Crippen molar-refractivity contribution < 1.29 is 0 Å². The molecule has 0 unspecified atom stereocenters. The Balaban J connectivity index is 1.65. The van der Waals surface area contributed by atoms with Gasteiger partial charge in [-0.15, -0.1) is 5.10 Å². The van der Waals surface area contributed by atoms with E-state index in [4.69, 9.17) is 28.2 Å². The van der Waals surface area contributed by atoms with Gasteiger partial charge in [-0.2, -0.15) is 4.52 Å². The third-order valence-electron chi connectivity index (χ3n) is 4.70. The predicted octanol–water partition coefficient (Wildman–Crippen LogP) is 5.86. The molecule has 5 nitrogen and oxygen atoms in total. The third kappa shape index (κ3) is 3.39. The summed E-state index contributed by atoms with van der Waals surface area (Å²) in [7, 11) is 0. The molecule has 0 bridgehead atoms. The second kappa shape index (κ2) is 7.35. The molecule has 3 aromatic carbocycles. The van der Waals surface area contributed by atoms with Crippen molar-refractivity contribution in [2.24, 2.45) is 0 Å². The summed E-state index contributed by atoms with van der Waals surface area (Å²) in [6.07, 6.45) is 0. The molecule has 142 valence electrons. The van der Waals surface area contributed by atoms with Gasteiger partial charge in [0, 0.05) is 27.5 Å². The lowest BCUT2D eigenvalue weighted by molar-refractivity contribution is 0.876. The van der Waals surface area contributed by atoms with Crippen LogP contribution in [0.15, 0.2) is 72.8 Å². The summed E-state index contributed by atoms with van der Waals surface area (Å²) >= 11 is 12.3.